The van der Waals surface area contributed by atoms with E-state index in [0.29, 0.717) is 6.42 Å². The van der Waals surface area contributed by atoms with Gasteiger partial charge in [-0.2, -0.15) is 0 Å². The Labute approximate surface area is 106 Å². The fourth-order valence-corrected chi connectivity index (χ4v) is 1.61. The van der Waals surface area contributed by atoms with E-state index in [-0.39, 0.29) is 12.4 Å². The summed E-state index contributed by atoms with van der Waals surface area (Å²) in [5.74, 6) is 4.10. The predicted octanol–water partition coefficient (Wildman–Crippen LogP) is 1.26. The molecule has 0 saturated heterocycles. The Bertz CT molecular complexity index is 473. The van der Waals surface area contributed by atoms with Crippen LogP contribution >= 0.6 is 0 Å². The van der Waals surface area contributed by atoms with Gasteiger partial charge in [-0.1, -0.05) is 18.1 Å². The van der Waals surface area contributed by atoms with E-state index in [1.165, 1.54) is 12.1 Å². The van der Waals surface area contributed by atoms with Gasteiger partial charge in [0.1, 0.15) is 5.82 Å². The third-order valence-electron chi connectivity index (χ3n) is 2.51. The molecular formula is C14H16FNO2. The van der Waals surface area contributed by atoms with E-state index >= 15 is 0 Å². The van der Waals surface area contributed by atoms with Crippen LogP contribution in [-0.2, 0) is 11.2 Å². The van der Waals surface area contributed by atoms with Crippen molar-refractivity contribution in [3.63, 3.8) is 0 Å². The van der Waals surface area contributed by atoms with Crippen molar-refractivity contribution in [3.05, 3.63) is 35.6 Å². The number of hydrogen-bond acceptors (Lipinski definition) is 2. The molecule has 1 amide bonds. The molecule has 0 spiro atoms. The average Bonchev–Trinajstić information content (AvgIpc) is 2.32. The van der Waals surface area contributed by atoms with Crippen molar-refractivity contribution >= 4 is 5.91 Å². The van der Waals surface area contributed by atoms with Crippen molar-refractivity contribution in [2.45, 2.75) is 25.8 Å². The number of carbonyl (C=O) groups is 1. The number of benzene rings is 1. The average molecular weight is 249 g/mol. The van der Waals surface area contributed by atoms with Gasteiger partial charge in [-0.3, -0.25) is 4.79 Å². The molecule has 0 heterocycles. The second-order valence-electron chi connectivity index (χ2n) is 4.35. The summed E-state index contributed by atoms with van der Waals surface area (Å²) < 4.78 is 12.8. The Morgan fingerprint density at radius 2 is 2.06 bits per heavy atom. The van der Waals surface area contributed by atoms with Crippen molar-refractivity contribution in [2.75, 3.05) is 6.61 Å². The molecule has 0 bridgehead atoms. The normalized spacial score (nSPS) is 13.1. The number of rotatable bonds is 4. The van der Waals surface area contributed by atoms with Gasteiger partial charge in [-0.15, -0.1) is 0 Å². The van der Waals surface area contributed by atoms with E-state index in [0.717, 1.165) is 5.56 Å². The molecule has 0 radical (unpaired) electrons. The Morgan fingerprint density at radius 3 is 2.56 bits per heavy atom. The smallest absolute Gasteiger partial charge is 0.296 e. The van der Waals surface area contributed by atoms with Crippen LogP contribution in [0.3, 0.4) is 0 Å². The highest BCUT2D eigenvalue weighted by atomic mass is 19.1. The molecule has 0 saturated carbocycles. The van der Waals surface area contributed by atoms with Crippen LogP contribution in [0.15, 0.2) is 24.3 Å². The predicted molar refractivity (Wildman–Crippen MR) is 67.2 cm³/mol. The maximum atomic E-state index is 12.8. The van der Waals surface area contributed by atoms with Crippen LogP contribution in [0.4, 0.5) is 4.39 Å². The zero-order valence-corrected chi connectivity index (χ0v) is 10.5. The van der Waals surface area contributed by atoms with Crippen molar-refractivity contribution < 1.29 is 14.3 Å². The standard InChI is InChI=1S/C14H16FNO2/c1-3-4-13(18)16-14(2,10-17)9-11-5-7-12(15)8-6-11/h5-8,17H,9-10H2,1-2H3,(H,16,18). The van der Waals surface area contributed by atoms with Crippen LogP contribution in [0.5, 0.6) is 0 Å². The lowest BCUT2D eigenvalue weighted by Crippen LogP contribution is -2.50. The molecule has 0 aliphatic carbocycles. The van der Waals surface area contributed by atoms with Crippen LogP contribution < -0.4 is 5.32 Å². The molecule has 1 rings (SSSR count). The summed E-state index contributed by atoms with van der Waals surface area (Å²) in [7, 11) is 0. The molecule has 4 heteroatoms. The van der Waals surface area contributed by atoms with Gasteiger partial charge in [0.15, 0.2) is 0 Å². The van der Waals surface area contributed by atoms with E-state index in [1.807, 2.05) is 0 Å². The molecule has 0 aliphatic heterocycles. The Morgan fingerprint density at radius 1 is 1.44 bits per heavy atom. The zero-order chi connectivity index (χ0) is 13.6. The Kier molecular flexibility index (Phi) is 4.87. The lowest BCUT2D eigenvalue weighted by atomic mass is 9.93. The Balaban J connectivity index is 2.77. The number of aliphatic hydroxyl groups excluding tert-OH is 1. The van der Waals surface area contributed by atoms with Crippen LogP contribution in [-0.4, -0.2) is 23.2 Å². The highest BCUT2D eigenvalue weighted by molar-refractivity contribution is 5.93. The van der Waals surface area contributed by atoms with Gasteiger partial charge >= 0.3 is 0 Å². The highest BCUT2D eigenvalue weighted by Gasteiger charge is 2.25. The lowest BCUT2D eigenvalue weighted by molar-refractivity contribution is -0.117. The van der Waals surface area contributed by atoms with E-state index in [1.54, 1.807) is 26.0 Å². The second-order valence-corrected chi connectivity index (χ2v) is 4.35. The van der Waals surface area contributed by atoms with Crippen molar-refractivity contribution in [1.82, 2.24) is 5.32 Å². The molecular weight excluding hydrogens is 233 g/mol. The summed E-state index contributed by atoms with van der Waals surface area (Å²) in [6.07, 6.45) is 0.404. The first-order valence-electron chi connectivity index (χ1n) is 5.59. The maximum absolute atomic E-state index is 12.8. The van der Waals surface area contributed by atoms with Gasteiger partial charge in [-0.25, -0.2) is 4.39 Å². The van der Waals surface area contributed by atoms with Crippen LogP contribution in [0.2, 0.25) is 0 Å². The summed E-state index contributed by atoms with van der Waals surface area (Å²) >= 11 is 0. The van der Waals surface area contributed by atoms with Gasteiger partial charge in [0.25, 0.3) is 5.91 Å². The van der Waals surface area contributed by atoms with Crippen LogP contribution in [0, 0.1) is 17.7 Å². The molecule has 2 N–H and O–H groups in total. The molecule has 1 atom stereocenters. The summed E-state index contributed by atoms with van der Waals surface area (Å²) in [6.45, 7) is 3.06. The minimum Gasteiger partial charge on any atom is -0.394 e. The summed E-state index contributed by atoms with van der Waals surface area (Å²) in [6, 6.07) is 5.95. The lowest BCUT2D eigenvalue weighted by Gasteiger charge is -2.27. The minimum atomic E-state index is -0.807. The van der Waals surface area contributed by atoms with E-state index in [4.69, 9.17) is 0 Å². The fraction of sp³-hybridized carbons (Fsp3) is 0.357. The van der Waals surface area contributed by atoms with Crippen LogP contribution in [0.25, 0.3) is 0 Å². The molecule has 18 heavy (non-hydrogen) atoms. The van der Waals surface area contributed by atoms with Gasteiger partial charge < -0.3 is 10.4 Å². The molecule has 1 aromatic carbocycles. The summed E-state index contributed by atoms with van der Waals surface area (Å²) in [5, 5.41) is 12.0. The maximum Gasteiger partial charge on any atom is 0.296 e. The molecule has 96 valence electrons. The third-order valence-corrected chi connectivity index (χ3v) is 2.51. The first-order chi connectivity index (χ1) is 8.49. The largest absolute Gasteiger partial charge is 0.394 e. The summed E-state index contributed by atoms with van der Waals surface area (Å²) in [4.78, 5) is 11.4. The summed E-state index contributed by atoms with van der Waals surface area (Å²) in [5.41, 5.74) is 0.0244. The van der Waals surface area contributed by atoms with Gasteiger partial charge in [0, 0.05) is 0 Å². The van der Waals surface area contributed by atoms with E-state index in [2.05, 4.69) is 17.2 Å². The van der Waals surface area contributed by atoms with E-state index < -0.39 is 11.4 Å². The quantitative estimate of drug-likeness (QED) is 0.789. The van der Waals surface area contributed by atoms with Crippen molar-refractivity contribution in [3.8, 4) is 11.8 Å². The number of amides is 1. The van der Waals surface area contributed by atoms with E-state index in [9.17, 15) is 14.3 Å². The first kappa shape index (κ1) is 14.2. The minimum absolute atomic E-state index is 0.221. The highest BCUT2D eigenvalue weighted by Crippen LogP contribution is 2.13. The third kappa shape index (κ3) is 4.19. The first-order valence-corrected chi connectivity index (χ1v) is 5.59. The van der Waals surface area contributed by atoms with Crippen LogP contribution in [0.1, 0.15) is 19.4 Å². The number of nitrogens with one attached hydrogen (secondary N) is 1. The van der Waals surface area contributed by atoms with Crippen molar-refractivity contribution in [1.29, 1.82) is 0 Å². The fourth-order valence-electron chi connectivity index (χ4n) is 1.61. The number of halogens is 1. The molecule has 0 aromatic heterocycles. The molecule has 1 unspecified atom stereocenters. The molecule has 0 aliphatic rings. The van der Waals surface area contributed by atoms with Gasteiger partial charge in [-0.05, 0) is 43.9 Å². The molecule has 3 nitrogen and oxygen atoms in total. The second kappa shape index (κ2) is 6.18. The molecule has 1 aromatic rings. The monoisotopic (exact) mass is 249 g/mol. The van der Waals surface area contributed by atoms with Gasteiger partial charge in [0.2, 0.25) is 0 Å². The Hall–Kier alpha value is -1.86. The van der Waals surface area contributed by atoms with Crippen molar-refractivity contribution in [2.24, 2.45) is 0 Å². The molecule has 0 fully saturated rings. The zero-order valence-electron chi connectivity index (χ0n) is 10.5. The topological polar surface area (TPSA) is 49.3 Å². The van der Waals surface area contributed by atoms with Gasteiger partial charge in [0.05, 0.1) is 12.1 Å². The number of aliphatic hydroxyl groups is 1. The number of carbonyl (C=O) groups excluding carboxylic acids is 1. The number of hydrogen-bond donors (Lipinski definition) is 2. The SMILES string of the molecule is CC#CC(=O)NC(C)(CO)Cc1ccc(F)cc1.